The maximum absolute atomic E-state index is 3.89. The zero-order valence-corrected chi connectivity index (χ0v) is 14.5. The van der Waals surface area contributed by atoms with E-state index in [1.54, 1.807) is 0 Å². The maximum Gasteiger partial charge on any atom is 0.155 e. The Labute approximate surface area is 142 Å². The lowest BCUT2D eigenvalue weighted by molar-refractivity contribution is 1.20. The normalized spacial score (nSPS) is 12.9. The second-order valence-corrected chi connectivity index (χ2v) is 8.10. The highest BCUT2D eigenvalue weighted by atomic mass is 32.2. The van der Waals surface area contributed by atoms with Crippen LogP contribution in [0.1, 0.15) is 18.1 Å². The number of fused-ring (bicyclic) bond motifs is 1. The van der Waals surface area contributed by atoms with Crippen LogP contribution < -0.4 is 0 Å². The van der Waals surface area contributed by atoms with Crippen molar-refractivity contribution in [3.63, 3.8) is 0 Å². The van der Waals surface area contributed by atoms with E-state index in [0.717, 1.165) is 17.9 Å². The van der Waals surface area contributed by atoms with Crippen LogP contribution in [0.2, 0.25) is 0 Å². The van der Waals surface area contributed by atoms with Gasteiger partial charge in [0.25, 0.3) is 0 Å². The Balaban J connectivity index is 1.93. The van der Waals surface area contributed by atoms with Gasteiger partial charge in [0.15, 0.2) is 4.90 Å². The van der Waals surface area contributed by atoms with E-state index in [4.69, 9.17) is 0 Å². The topological polar surface area (TPSA) is 0 Å². The molecule has 0 fully saturated rings. The quantitative estimate of drug-likeness (QED) is 0.476. The SMILES string of the molecule is C=CC[S+](CC=C)c1ccc(-c2cccc3c2C=C(C)C3)cc1. The van der Waals surface area contributed by atoms with Crippen molar-refractivity contribution in [1.29, 1.82) is 0 Å². The minimum atomic E-state index is 0.194. The molecule has 0 saturated carbocycles. The van der Waals surface area contributed by atoms with Crippen molar-refractivity contribution >= 4 is 17.0 Å². The molecular weight excluding hydrogens is 296 g/mol. The molecule has 2 aromatic rings. The van der Waals surface area contributed by atoms with Gasteiger partial charge in [-0.25, -0.2) is 0 Å². The van der Waals surface area contributed by atoms with Crippen molar-refractivity contribution in [3.8, 4) is 11.1 Å². The van der Waals surface area contributed by atoms with Crippen LogP contribution in [0.4, 0.5) is 0 Å². The van der Waals surface area contributed by atoms with Crippen LogP contribution in [0.3, 0.4) is 0 Å². The average Bonchev–Trinajstić information content (AvgIpc) is 2.95. The van der Waals surface area contributed by atoms with Gasteiger partial charge in [-0.1, -0.05) is 43.0 Å². The first kappa shape index (κ1) is 15.9. The summed E-state index contributed by atoms with van der Waals surface area (Å²) in [4.78, 5) is 1.40. The Hall–Kier alpha value is -1.99. The predicted octanol–water partition coefficient (Wildman–Crippen LogP) is 5.66. The molecule has 0 atom stereocenters. The smallest absolute Gasteiger partial charge is 0.0984 e. The third-order valence-corrected chi connectivity index (χ3v) is 6.41. The summed E-state index contributed by atoms with van der Waals surface area (Å²) in [6, 6.07) is 15.7. The summed E-state index contributed by atoms with van der Waals surface area (Å²) in [6.45, 7) is 9.98. The zero-order valence-electron chi connectivity index (χ0n) is 13.7. The Morgan fingerprint density at radius 1 is 1.00 bits per heavy atom. The molecule has 0 N–H and O–H groups in total. The molecule has 1 aliphatic rings. The fourth-order valence-electron chi connectivity index (χ4n) is 3.16. The summed E-state index contributed by atoms with van der Waals surface area (Å²) in [5.74, 6) is 2.04. The van der Waals surface area contributed by atoms with Crippen molar-refractivity contribution in [2.45, 2.75) is 18.2 Å². The fraction of sp³-hybridized carbons (Fsp3) is 0.182. The molecule has 0 aromatic heterocycles. The monoisotopic (exact) mass is 319 g/mol. The number of hydrogen-bond acceptors (Lipinski definition) is 0. The molecule has 1 heteroatoms. The van der Waals surface area contributed by atoms with E-state index in [1.807, 2.05) is 12.2 Å². The lowest BCUT2D eigenvalue weighted by Gasteiger charge is -2.09. The lowest BCUT2D eigenvalue weighted by Crippen LogP contribution is -2.09. The Morgan fingerprint density at radius 3 is 2.35 bits per heavy atom. The largest absolute Gasteiger partial charge is 0.155 e. The number of allylic oxidation sites excluding steroid dienone is 1. The van der Waals surface area contributed by atoms with Crippen molar-refractivity contribution in [3.05, 3.63) is 84.5 Å². The van der Waals surface area contributed by atoms with E-state index < -0.39 is 0 Å². The second-order valence-electron chi connectivity index (χ2n) is 5.97. The first-order valence-electron chi connectivity index (χ1n) is 8.01. The standard InChI is InChI=1S/C22H23S/c1-4-13-23(14-5-2)20-11-9-18(10-12-20)21-8-6-7-19-15-17(3)16-22(19)21/h4-12,16H,1-2,13-15H2,3H3/q+1. The highest BCUT2D eigenvalue weighted by Crippen LogP contribution is 2.34. The minimum absolute atomic E-state index is 0.194. The highest BCUT2D eigenvalue weighted by Gasteiger charge is 2.19. The molecule has 23 heavy (non-hydrogen) atoms. The van der Waals surface area contributed by atoms with Crippen LogP contribution in [-0.2, 0) is 17.3 Å². The third-order valence-electron chi connectivity index (χ3n) is 4.19. The summed E-state index contributed by atoms with van der Waals surface area (Å²) in [7, 11) is 0.194. The molecule has 1 aliphatic carbocycles. The molecule has 0 aliphatic heterocycles. The average molecular weight is 319 g/mol. The van der Waals surface area contributed by atoms with Crippen molar-refractivity contribution in [1.82, 2.24) is 0 Å². The van der Waals surface area contributed by atoms with Crippen molar-refractivity contribution in [2.24, 2.45) is 0 Å². The van der Waals surface area contributed by atoms with Crippen LogP contribution >= 0.6 is 0 Å². The van der Waals surface area contributed by atoms with Gasteiger partial charge in [0.2, 0.25) is 0 Å². The van der Waals surface area contributed by atoms with Crippen LogP contribution in [0, 0.1) is 0 Å². The van der Waals surface area contributed by atoms with Crippen LogP contribution in [0.5, 0.6) is 0 Å². The molecule has 0 spiro atoms. The number of rotatable bonds is 6. The van der Waals surface area contributed by atoms with Crippen molar-refractivity contribution in [2.75, 3.05) is 11.5 Å². The number of hydrogen-bond donors (Lipinski definition) is 0. The molecule has 0 unspecified atom stereocenters. The van der Waals surface area contributed by atoms with Gasteiger partial charge in [0, 0.05) is 10.9 Å². The van der Waals surface area contributed by atoms with E-state index >= 15 is 0 Å². The van der Waals surface area contributed by atoms with Gasteiger partial charge in [-0.15, -0.1) is 0 Å². The van der Waals surface area contributed by atoms with Crippen molar-refractivity contribution < 1.29 is 0 Å². The first-order valence-corrected chi connectivity index (χ1v) is 9.58. The molecule has 2 aromatic carbocycles. The lowest BCUT2D eigenvalue weighted by atomic mass is 9.97. The van der Waals surface area contributed by atoms with Gasteiger partial charge in [0.1, 0.15) is 11.5 Å². The van der Waals surface area contributed by atoms with Gasteiger partial charge < -0.3 is 0 Å². The minimum Gasteiger partial charge on any atom is -0.0984 e. The van der Waals surface area contributed by atoms with Gasteiger partial charge >= 0.3 is 0 Å². The molecular formula is C22H23S+. The molecule has 0 saturated heterocycles. The van der Waals surface area contributed by atoms with E-state index in [1.165, 1.54) is 32.7 Å². The summed E-state index contributed by atoms with van der Waals surface area (Å²) < 4.78 is 0. The fourth-order valence-corrected chi connectivity index (χ4v) is 4.77. The van der Waals surface area contributed by atoms with E-state index in [9.17, 15) is 0 Å². The first-order chi connectivity index (χ1) is 11.2. The number of benzene rings is 2. The van der Waals surface area contributed by atoms with Gasteiger partial charge in [-0.05, 0) is 72.0 Å². The Bertz CT molecular complexity index is 740. The van der Waals surface area contributed by atoms with E-state index in [-0.39, 0.29) is 10.9 Å². The summed E-state index contributed by atoms with van der Waals surface area (Å²) in [5.41, 5.74) is 6.94. The summed E-state index contributed by atoms with van der Waals surface area (Å²) >= 11 is 0. The molecule has 0 nitrogen and oxygen atoms in total. The Morgan fingerprint density at radius 2 is 1.70 bits per heavy atom. The third kappa shape index (κ3) is 3.35. The zero-order chi connectivity index (χ0) is 16.2. The predicted molar refractivity (Wildman–Crippen MR) is 105 cm³/mol. The van der Waals surface area contributed by atoms with Gasteiger partial charge in [-0.2, -0.15) is 0 Å². The van der Waals surface area contributed by atoms with Crippen LogP contribution in [0.15, 0.2) is 78.2 Å². The molecule has 0 heterocycles. The van der Waals surface area contributed by atoms with Crippen LogP contribution in [0.25, 0.3) is 17.2 Å². The second kappa shape index (κ2) is 7.06. The van der Waals surface area contributed by atoms with Gasteiger partial charge in [-0.3, -0.25) is 0 Å². The highest BCUT2D eigenvalue weighted by molar-refractivity contribution is 7.97. The van der Waals surface area contributed by atoms with E-state index in [0.29, 0.717) is 0 Å². The maximum atomic E-state index is 3.89. The molecule has 0 bridgehead atoms. The van der Waals surface area contributed by atoms with Gasteiger partial charge in [0.05, 0.1) is 0 Å². The molecule has 0 amide bonds. The van der Waals surface area contributed by atoms with Crippen LogP contribution in [-0.4, -0.2) is 11.5 Å². The molecule has 116 valence electrons. The Kier molecular flexibility index (Phi) is 4.88. The molecule has 0 radical (unpaired) electrons. The summed E-state index contributed by atoms with van der Waals surface area (Å²) in [5, 5.41) is 0. The molecule has 3 rings (SSSR count). The van der Waals surface area contributed by atoms with E-state index in [2.05, 4.69) is 68.6 Å². The summed E-state index contributed by atoms with van der Waals surface area (Å²) in [6.07, 6.45) is 7.44.